The molecule has 1 aromatic heterocycles. The Hall–Kier alpha value is -2.11. The van der Waals surface area contributed by atoms with Crippen LogP contribution in [0.25, 0.3) is 11.4 Å². The van der Waals surface area contributed by atoms with Gasteiger partial charge in [-0.1, -0.05) is 12.1 Å². The Bertz CT molecular complexity index is 592. The van der Waals surface area contributed by atoms with Crippen molar-refractivity contribution in [1.82, 2.24) is 9.97 Å². The molecule has 0 saturated heterocycles. The number of halogens is 3. The summed E-state index contributed by atoms with van der Waals surface area (Å²) in [5, 5.41) is 3.06. The fourth-order valence-corrected chi connectivity index (χ4v) is 1.78. The summed E-state index contributed by atoms with van der Waals surface area (Å²) in [4.78, 5) is 8.53. The van der Waals surface area contributed by atoms with E-state index < -0.39 is 11.7 Å². The summed E-state index contributed by atoms with van der Waals surface area (Å²) in [5.74, 6) is 1.07. The second-order valence-corrected chi connectivity index (χ2v) is 4.32. The van der Waals surface area contributed by atoms with Crippen molar-refractivity contribution in [2.24, 2.45) is 0 Å². The molecule has 0 atom stereocenters. The van der Waals surface area contributed by atoms with Crippen molar-refractivity contribution in [3.63, 3.8) is 0 Å². The smallest absolute Gasteiger partial charge is 0.370 e. The summed E-state index contributed by atoms with van der Waals surface area (Å²) in [5.41, 5.74) is 0.632. The maximum absolute atomic E-state index is 12.5. The molecule has 2 aromatic rings. The van der Waals surface area contributed by atoms with Gasteiger partial charge >= 0.3 is 6.18 Å². The maximum atomic E-state index is 12.5. The Balaban J connectivity index is 2.36. The van der Waals surface area contributed by atoms with Gasteiger partial charge in [-0.05, 0) is 26.0 Å². The van der Waals surface area contributed by atoms with Gasteiger partial charge in [0.1, 0.15) is 5.82 Å². The summed E-state index contributed by atoms with van der Waals surface area (Å²) in [7, 11) is 0. The minimum absolute atomic E-state index is 0.412. The maximum Gasteiger partial charge on any atom is 0.416 e. The molecule has 20 heavy (non-hydrogen) atoms. The highest BCUT2D eigenvalue weighted by atomic mass is 19.4. The number of aryl methyl sites for hydroxylation is 1. The molecule has 1 aromatic carbocycles. The molecule has 0 fully saturated rings. The zero-order chi connectivity index (χ0) is 14.8. The third-order valence-electron chi connectivity index (χ3n) is 2.68. The molecule has 106 valence electrons. The summed E-state index contributed by atoms with van der Waals surface area (Å²) in [6, 6.07) is 6.62. The number of nitrogens with one attached hydrogen (secondary N) is 1. The first-order chi connectivity index (χ1) is 9.40. The lowest BCUT2D eigenvalue weighted by atomic mass is 10.1. The average molecular weight is 281 g/mol. The largest absolute Gasteiger partial charge is 0.416 e. The minimum atomic E-state index is -4.33. The monoisotopic (exact) mass is 281 g/mol. The Morgan fingerprint density at radius 2 is 1.75 bits per heavy atom. The molecule has 2 rings (SSSR count). The number of alkyl halides is 3. The molecule has 0 saturated carbocycles. The fraction of sp³-hybridized carbons (Fsp3) is 0.286. The van der Waals surface area contributed by atoms with Crippen LogP contribution in [0.5, 0.6) is 0 Å². The molecule has 1 heterocycles. The second-order valence-electron chi connectivity index (χ2n) is 4.32. The van der Waals surface area contributed by atoms with Crippen LogP contribution in [0.3, 0.4) is 0 Å². The molecular weight excluding hydrogens is 267 g/mol. The van der Waals surface area contributed by atoms with Crippen molar-refractivity contribution in [2.75, 3.05) is 11.9 Å². The molecule has 0 radical (unpaired) electrons. The van der Waals surface area contributed by atoms with Gasteiger partial charge in [0.25, 0.3) is 0 Å². The topological polar surface area (TPSA) is 37.8 Å². The number of benzene rings is 1. The van der Waals surface area contributed by atoms with E-state index in [1.54, 1.807) is 6.07 Å². The van der Waals surface area contributed by atoms with Gasteiger partial charge in [0, 0.05) is 23.9 Å². The predicted octanol–water partition coefficient (Wildman–Crippen LogP) is 3.90. The zero-order valence-corrected chi connectivity index (χ0v) is 11.1. The van der Waals surface area contributed by atoms with E-state index in [2.05, 4.69) is 15.3 Å². The SMILES string of the molecule is CCNc1cc(C)nc(-c2ccc(C(F)(F)F)cc2)n1. The number of hydrogen-bond donors (Lipinski definition) is 1. The third-order valence-corrected chi connectivity index (χ3v) is 2.68. The Kier molecular flexibility index (Phi) is 3.92. The molecule has 0 spiro atoms. The van der Waals surface area contributed by atoms with Crippen LogP contribution in [0, 0.1) is 6.92 Å². The highest BCUT2D eigenvalue weighted by Crippen LogP contribution is 2.30. The van der Waals surface area contributed by atoms with Gasteiger partial charge in [0.2, 0.25) is 0 Å². The normalized spacial score (nSPS) is 11.4. The second kappa shape index (κ2) is 5.48. The number of anilines is 1. The Morgan fingerprint density at radius 1 is 1.10 bits per heavy atom. The first-order valence-corrected chi connectivity index (χ1v) is 6.17. The third kappa shape index (κ3) is 3.26. The lowest BCUT2D eigenvalue weighted by Crippen LogP contribution is -2.05. The van der Waals surface area contributed by atoms with E-state index in [1.165, 1.54) is 12.1 Å². The predicted molar refractivity (Wildman–Crippen MR) is 71.4 cm³/mol. The highest BCUT2D eigenvalue weighted by Gasteiger charge is 2.30. The first kappa shape index (κ1) is 14.3. The lowest BCUT2D eigenvalue weighted by molar-refractivity contribution is -0.137. The summed E-state index contributed by atoms with van der Waals surface area (Å²) >= 11 is 0. The number of nitrogens with zero attached hydrogens (tertiary/aromatic N) is 2. The van der Waals surface area contributed by atoms with Crippen LogP contribution in [0.2, 0.25) is 0 Å². The summed E-state index contributed by atoms with van der Waals surface area (Å²) in [6.07, 6.45) is -4.33. The molecular formula is C14H14F3N3. The Morgan fingerprint density at radius 3 is 2.30 bits per heavy atom. The van der Waals surface area contributed by atoms with Crippen molar-refractivity contribution in [3.05, 3.63) is 41.6 Å². The fourth-order valence-electron chi connectivity index (χ4n) is 1.78. The number of rotatable bonds is 3. The molecule has 1 N–H and O–H groups in total. The lowest BCUT2D eigenvalue weighted by Gasteiger charge is -2.09. The van der Waals surface area contributed by atoms with E-state index in [1.807, 2.05) is 13.8 Å². The highest BCUT2D eigenvalue weighted by molar-refractivity contribution is 5.58. The standard InChI is InChI=1S/C14H14F3N3/c1-3-18-12-8-9(2)19-13(20-12)10-4-6-11(7-5-10)14(15,16)17/h4-8H,3H2,1-2H3,(H,18,19,20). The molecule has 6 heteroatoms. The van der Waals surface area contributed by atoms with Crippen LogP contribution in [0.4, 0.5) is 19.0 Å². The van der Waals surface area contributed by atoms with E-state index >= 15 is 0 Å². The van der Waals surface area contributed by atoms with Crippen molar-refractivity contribution >= 4 is 5.82 Å². The molecule has 0 unspecified atom stereocenters. The molecule has 0 aliphatic carbocycles. The molecule has 0 aliphatic rings. The quantitative estimate of drug-likeness (QED) is 0.927. The van der Waals surface area contributed by atoms with Crippen molar-refractivity contribution in [1.29, 1.82) is 0 Å². The van der Waals surface area contributed by atoms with E-state index in [-0.39, 0.29) is 0 Å². The summed E-state index contributed by atoms with van der Waals surface area (Å²) < 4.78 is 37.5. The van der Waals surface area contributed by atoms with E-state index in [0.29, 0.717) is 23.8 Å². The van der Waals surface area contributed by atoms with Crippen LogP contribution < -0.4 is 5.32 Å². The van der Waals surface area contributed by atoms with E-state index in [0.717, 1.165) is 17.8 Å². The number of hydrogen-bond acceptors (Lipinski definition) is 3. The molecule has 0 bridgehead atoms. The van der Waals surface area contributed by atoms with Crippen molar-refractivity contribution in [2.45, 2.75) is 20.0 Å². The van der Waals surface area contributed by atoms with Crippen LogP contribution in [0.15, 0.2) is 30.3 Å². The molecule has 3 nitrogen and oxygen atoms in total. The van der Waals surface area contributed by atoms with Crippen molar-refractivity contribution < 1.29 is 13.2 Å². The van der Waals surface area contributed by atoms with Crippen LogP contribution in [0.1, 0.15) is 18.2 Å². The van der Waals surface area contributed by atoms with Gasteiger partial charge in [-0.15, -0.1) is 0 Å². The first-order valence-electron chi connectivity index (χ1n) is 6.17. The molecule has 0 amide bonds. The van der Waals surface area contributed by atoms with Crippen LogP contribution in [-0.2, 0) is 6.18 Å². The van der Waals surface area contributed by atoms with Gasteiger partial charge in [0.15, 0.2) is 5.82 Å². The number of aromatic nitrogens is 2. The van der Waals surface area contributed by atoms with E-state index in [9.17, 15) is 13.2 Å². The van der Waals surface area contributed by atoms with Crippen LogP contribution in [-0.4, -0.2) is 16.5 Å². The van der Waals surface area contributed by atoms with Gasteiger partial charge in [-0.2, -0.15) is 13.2 Å². The van der Waals surface area contributed by atoms with Crippen molar-refractivity contribution in [3.8, 4) is 11.4 Å². The van der Waals surface area contributed by atoms with E-state index in [4.69, 9.17) is 0 Å². The van der Waals surface area contributed by atoms with Gasteiger partial charge in [0.05, 0.1) is 5.56 Å². The van der Waals surface area contributed by atoms with Gasteiger partial charge in [-0.3, -0.25) is 0 Å². The molecule has 0 aliphatic heterocycles. The van der Waals surface area contributed by atoms with Gasteiger partial charge < -0.3 is 5.32 Å². The summed E-state index contributed by atoms with van der Waals surface area (Å²) in [6.45, 7) is 4.47. The van der Waals surface area contributed by atoms with Gasteiger partial charge in [-0.25, -0.2) is 9.97 Å². The zero-order valence-electron chi connectivity index (χ0n) is 11.1. The Labute approximate surface area is 114 Å². The minimum Gasteiger partial charge on any atom is -0.370 e. The average Bonchev–Trinajstić information content (AvgIpc) is 2.37. The van der Waals surface area contributed by atoms with Crippen LogP contribution >= 0.6 is 0 Å².